The Kier molecular flexibility index (Phi) is 5.05. The SMILES string of the molecule is CN(C(=O)OCC1c2ccccc2-c2ccccc21)C(CO)C(C)(C)C. The summed E-state index contributed by atoms with van der Waals surface area (Å²) in [6.07, 6.45) is -0.402. The van der Waals surface area contributed by atoms with Crippen molar-refractivity contribution in [1.29, 1.82) is 0 Å². The number of hydrogen-bond donors (Lipinski definition) is 1. The minimum Gasteiger partial charge on any atom is -0.448 e. The number of benzene rings is 2. The molecule has 0 radical (unpaired) electrons. The van der Waals surface area contributed by atoms with Crippen molar-refractivity contribution < 1.29 is 14.6 Å². The summed E-state index contributed by atoms with van der Waals surface area (Å²) in [4.78, 5) is 14.1. The van der Waals surface area contributed by atoms with Gasteiger partial charge in [-0.25, -0.2) is 4.79 Å². The summed E-state index contributed by atoms with van der Waals surface area (Å²) in [7, 11) is 1.69. The first-order valence-corrected chi connectivity index (χ1v) is 9.03. The van der Waals surface area contributed by atoms with Crippen LogP contribution in [0.15, 0.2) is 48.5 Å². The van der Waals surface area contributed by atoms with Gasteiger partial charge in [-0.15, -0.1) is 0 Å². The quantitative estimate of drug-likeness (QED) is 0.893. The first kappa shape index (κ1) is 18.5. The maximum atomic E-state index is 12.6. The van der Waals surface area contributed by atoms with Crippen molar-refractivity contribution in [2.24, 2.45) is 5.41 Å². The molecule has 0 aliphatic heterocycles. The highest BCUT2D eigenvalue weighted by Gasteiger charge is 2.33. The number of fused-ring (bicyclic) bond motifs is 3. The molecule has 1 aliphatic carbocycles. The number of rotatable bonds is 4. The van der Waals surface area contributed by atoms with E-state index in [9.17, 15) is 9.90 Å². The van der Waals surface area contributed by atoms with Gasteiger partial charge < -0.3 is 14.7 Å². The molecule has 0 heterocycles. The second-order valence-corrected chi connectivity index (χ2v) is 7.98. The zero-order valence-corrected chi connectivity index (χ0v) is 15.9. The number of aliphatic hydroxyl groups excluding tert-OH is 1. The van der Waals surface area contributed by atoms with Crippen LogP contribution in [0.1, 0.15) is 37.8 Å². The van der Waals surface area contributed by atoms with E-state index >= 15 is 0 Å². The number of nitrogens with zero attached hydrogens (tertiary/aromatic N) is 1. The second-order valence-electron chi connectivity index (χ2n) is 7.98. The van der Waals surface area contributed by atoms with Gasteiger partial charge in [-0.05, 0) is 27.7 Å². The number of amides is 1. The van der Waals surface area contributed by atoms with Crippen LogP contribution in [-0.2, 0) is 4.74 Å². The number of hydrogen-bond acceptors (Lipinski definition) is 3. The van der Waals surface area contributed by atoms with Crippen LogP contribution in [0.5, 0.6) is 0 Å². The first-order chi connectivity index (χ1) is 12.3. The van der Waals surface area contributed by atoms with E-state index in [-0.39, 0.29) is 24.0 Å². The normalized spacial score (nSPS) is 14.5. The van der Waals surface area contributed by atoms with Crippen molar-refractivity contribution >= 4 is 6.09 Å². The summed E-state index contributed by atoms with van der Waals surface area (Å²) in [5.41, 5.74) is 4.58. The molecule has 1 aliphatic rings. The molecule has 3 rings (SSSR count). The molecule has 2 aromatic rings. The van der Waals surface area contributed by atoms with Crippen molar-refractivity contribution in [3.8, 4) is 11.1 Å². The number of carbonyl (C=O) groups excluding carboxylic acids is 1. The minimum absolute atomic E-state index is 0.0435. The molecule has 1 amide bonds. The molecular formula is C22H27NO3. The van der Waals surface area contributed by atoms with Crippen molar-refractivity contribution in [2.45, 2.75) is 32.7 Å². The van der Waals surface area contributed by atoms with Gasteiger partial charge in [0.2, 0.25) is 0 Å². The number of likely N-dealkylation sites (N-methyl/N-ethyl adjacent to an activating group) is 1. The third-order valence-corrected chi connectivity index (χ3v) is 5.26. The lowest BCUT2D eigenvalue weighted by Gasteiger charge is -2.36. The van der Waals surface area contributed by atoms with Crippen LogP contribution >= 0.6 is 0 Å². The zero-order valence-electron chi connectivity index (χ0n) is 15.9. The fourth-order valence-corrected chi connectivity index (χ4v) is 3.80. The van der Waals surface area contributed by atoms with E-state index in [0.717, 1.165) is 0 Å². The van der Waals surface area contributed by atoms with Crippen LogP contribution < -0.4 is 0 Å². The third kappa shape index (κ3) is 3.34. The summed E-state index contributed by atoms with van der Waals surface area (Å²) in [6, 6.07) is 16.2. The zero-order chi connectivity index (χ0) is 18.9. The fraction of sp³-hybridized carbons (Fsp3) is 0.409. The number of carbonyl (C=O) groups is 1. The molecule has 1 N–H and O–H groups in total. The summed E-state index contributed by atoms with van der Waals surface area (Å²) in [6.45, 7) is 6.20. The molecule has 4 nitrogen and oxygen atoms in total. The van der Waals surface area contributed by atoms with Crippen LogP contribution in [0.3, 0.4) is 0 Å². The van der Waals surface area contributed by atoms with Crippen LogP contribution in [0.4, 0.5) is 4.79 Å². The standard InChI is InChI=1S/C22H27NO3/c1-22(2,3)20(13-24)23(4)21(25)26-14-19-17-11-7-5-9-15(17)16-10-6-8-12-18(16)19/h5-12,19-20,24H,13-14H2,1-4H3. The van der Waals surface area contributed by atoms with Crippen molar-refractivity contribution in [3.63, 3.8) is 0 Å². The van der Waals surface area contributed by atoms with Crippen molar-refractivity contribution in [1.82, 2.24) is 4.90 Å². The molecule has 1 unspecified atom stereocenters. The maximum Gasteiger partial charge on any atom is 0.409 e. The smallest absolute Gasteiger partial charge is 0.409 e. The largest absolute Gasteiger partial charge is 0.448 e. The number of ether oxygens (including phenoxy) is 1. The average molecular weight is 353 g/mol. The summed E-state index contributed by atoms with van der Waals surface area (Å²) in [5.74, 6) is 0.0435. The Bertz CT molecular complexity index is 748. The van der Waals surface area contributed by atoms with E-state index in [1.807, 2.05) is 45.0 Å². The average Bonchev–Trinajstić information content (AvgIpc) is 2.93. The van der Waals surface area contributed by atoms with Crippen LogP contribution in [0.25, 0.3) is 11.1 Å². The predicted octanol–water partition coefficient (Wildman–Crippen LogP) is 4.27. The maximum absolute atomic E-state index is 12.6. The molecule has 138 valence electrons. The van der Waals surface area contributed by atoms with E-state index < -0.39 is 6.09 Å². The number of aliphatic hydroxyl groups is 1. The van der Waals surface area contributed by atoms with Crippen LogP contribution in [0, 0.1) is 5.41 Å². The topological polar surface area (TPSA) is 49.8 Å². The van der Waals surface area contributed by atoms with Crippen LogP contribution in [0.2, 0.25) is 0 Å². The van der Waals surface area contributed by atoms with E-state index in [1.54, 1.807) is 7.05 Å². The Morgan fingerprint density at radius 1 is 1.08 bits per heavy atom. The second kappa shape index (κ2) is 7.12. The Labute approximate surface area is 155 Å². The van der Waals surface area contributed by atoms with E-state index in [2.05, 4.69) is 24.3 Å². The van der Waals surface area contributed by atoms with Crippen LogP contribution in [-0.4, -0.2) is 42.4 Å². The monoisotopic (exact) mass is 353 g/mol. The molecule has 0 bridgehead atoms. The van der Waals surface area contributed by atoms with Gasteiger partial charge in [-0.1, -0.05) is 69.3 Å². The predicted molar refractivity (Wildman–Crippen MR) is 103 cm³/mol. The molecule has 4 heteroatoms. The highest BCUT2D eigenvalue weighted by molar-refractivity contribution is 5.79. The van der Waals surface area contributed by atoms with Crippen molar-refractivity contribution in [2.75, 3.05) is 20.3 Å². The molecule has 2 aromatic carbocycles. The Hall–Kier alpha value is -2.33. The van der Waals surface area contributed by atoms with Crippen molar-refractivity contribution in [3.05, 3.63) is 59.7 Å². The molecule has 0 saturated carbocycles. The first-order valence-electron chi connectivity index (χ1n) is 9.03. The molecule has 0 aromatic heterocycles. The lowest BCUT2D eigenvalue weighted by atomic mass is 9.86. The van der Waals surface area contributed by atoms with E-state index in [4.69, 9.17) is 4.74 Å². The fourth-order valence-electron chi connectivity index (χ4n) is 3.80. The summed E-state index contributed by atoms with van der Waals surface area (Å²) < 4.78 is 5.66. The third-order valence-electron chi connectivity index (χ3n) is 5.26. The molecule has 26 heavy (non-hydrogen) atoms. The van der Waals surface area contributed by atoms with Gasteiger partial charge in [0, 0.05) is 13.0 Å². The van der Waals surface area contributed by atoms with Gasteiger partial charge in [0.05, 0.1) is 12.6 Å². The lowest BCUT2D eigenvalue weighted by molar-refractivity contribution is 0.0425. The lowest BCUT2D eigenvalue weighted by Crippen LogP contribution is -2.47. The minimum atomic E-state index is -0.402. The molecule has 0 spiro atoms. The van der Waals surface area contributed by atoms with Gasteiger partial charge in [0.15, 0.2) is 0 Å². The Morgan fingerprint density at radius 2 is 1.58 bits per heavy atom. The van der Waals surface area contributed by atoms with Gasteiger partial charge in [-0.3, -0.25) is 0 Å². The highest BCUT2D eigenvalue weighted by atomic mass is 16.6. The van der Waals surface area contributed by atoms with Gasteiger partial charge in [0.25, 0.3) is 0 Å². The Balaban J connectivity index is 1.77. The van der Waals surface area contributed by atoms with Gasteiger partial charge >= 0.3 is 6.09 Å². The van der Waals surface area contributed by atoms with E-state index in [1.165, 1.54) is 27.2 Å². The highest BCUT2D eigenvalue weighted by Crippen LogP contribution is 2.44. The molecule has 0 fully saturated rings. The summed E-state index contributed by atoms with van der Waals surface area (Å²) >= 11 is 0. The van der Waals surface area contributed by atoms with Gasteiger partial charge in [0.1, 0.15) is 6.61 Å². The summed E-state index contributed by atoms with van der Waals surface area (Å²) in [5, 5.41) is 9.67. The molecule has 1 atom stereocenters. The molecular weight excluding hydrogens is 326 g/mol. The van der Waals surface area contributed by atoms with Gasteiger partial charge in [-0.2, -0.15) is 0 Å². The Morgan fingerprint density at radius 3 is 2.04 bits per heavy atom. The molecule has 0 saturated heterocycles. The van der Waals surface area contributed by atoms with E-state index in [0.29, 0.717) is 6.61 Å².